The van der Waals surface area contributed by atoms with E-state index in [1.54, 1.807) is 12.1 Å². The summed E-state index contributed by atoms with van der Waals surface area (Å²) in [6, 6.07) is 50.9. The fraction of sp³-hybridized carbons (Fsp3) is 0. The maximum absolute atomic E-state index is 13.8. The number of hydrogen-bond donors (Lipinski definition) is 0. The van der Waals surface area contributed by atoms with Crippen molar-refractivity contribution in [2.75, 3.05) is 0 Å². The number of thiophene rings is 1. The van der Waals surface area contributed by atoms with Crippen LogP contribution in [0.25, 0.3) is 76.3 Å². The van der Waals surface area contributed by atoms with E-state index < -0.39 is 0 Å². The molecule has 0 amide bonds. The van der Waals surface area contributed by atoms with E-state index in [-0.39, 0.29) is 5.82 Å². The van der Waals surface area contributed by atoms with Crippen LogP contribution in [0.2, 0.25) is 0 Å². The Bertz CT molecular complexity index is 2270. The molecule has 2 aromatic heterocycles. The Kier molecular flexibility index (Phi) is 6.55. The molecular weight excluding hydrogens is 560 g/mol. The molecule has 6 aromatic carbocycles. The van der Waals surface area contributed by atoms with E-state index in [1.165, 1.54) is 32.3 Å². The third-order valence-electron chi connectivity index (χ3n) is 7.94. The van der Waals surface area contributed by atoms with Gasteiger partial charge in [-0.25, -0.2) is 14.4 Å². The molecule has 0 saturated heterocycles. The van der Waals surface area contributed by atoms with Crippen molar-refractivity contribution < 1.29 is 4.39 Å². The molecule has 0 atom stereocenters. The van der Waals surface area contributed by atoms with Gasteiger partial charge >= 0.3 is 0 Å². The van der Waals surface area contributed by atoms with Crippen LogP contribution < -0.4 is 0 Å². The first-order valence-electron chi connectivity index (χ1n) is 14.5. The Morgan fingerprint density at radius 3 is 1.70 bits per heavy atom. The third-order valence-corrected chi connectivity index (χ3v) is 9.10. The SMILES string of the molecule is Fc1ccc(-c2cc(-c3cc(-c4ccccc4)cc(-c4ccc5sc6ccccc6c5c4)c3)nc(-c3ccccc3)n2)cc1. The fourth-order valence-electron chi connectivity index (χ4n) is 5.73. The highest BCUT2D eigenvalue weighted by molar-refractivity contribution is 7.25. The predicted molar refractivity (Wildman–Crippen MR) is 182 cm³/mol. The number of benzene rings is 6. The first-order valence-corrected chi connectivity index (χ1v) is 15.3. The molecule has 0 unspecified atom stereocenters. The summed E-state index contributed by atoms with van der Waals surface area (Å²) in [4.78, 5) is 10.0. The molecule has 208 valence electrons. The van der Waals surface area contributed by atoms with Crippen molar-refractivity contribution in [3.8, 4) is 56.2 Å². The van der Waals surface area contributed by atoms with E-state index in [2.05, 4.69) is 84.9 Å². The third kappa shape index (κ3) is 4.96. The zero-order chi connectivity index (χ0) is 29.5. The maximum Gasteiger partial charge on any atom is 0.160 e. The summed E-state index contributed by atoms with van der Waals surface area (Å²) < 4.78 is 16.4. The zero-order valence-electron chi connectivity index (χ0n) is 23.6. The van der Waals surface area contributed by atoms with Crippen molar-refractivity contribution in [3.05, 3.63) is 157 Å². The van der Waals surface area contributed by atoms with E-state index in [9.17, 15) is 4.39 Å². The topological polar surface area (TPSA) is 25.8 Å². The quantitative estimate of drug-likeness (QED) is 0.201. The molecule has 0 aliphatic carbocycles. The van der Waals surface area contributed by atoms with Crippen LogP contribution in [0, 0.1) is 5.82 Å². The first-order chi connectivity index (χ1) is 21.7. The molecule has 0 aliphatic rings. The van der Waals surface area contributed by atoms with Crippen LogP contribution in [0.4, 0.5) is 4.39 Å². The summed E-state index contributed by atoms with van der Waals surface area (Å²) in [6.07, 6.45) is 0. The molecular formula is C40H25FN2S. The molecule has 2 nitrogen and oxygen atoms in total. The van der Waals surface area contributed by atoms with Gasteiger partial charge < -0.3 is 0 Å². The molecule has 0 N–H and O–H groups in total. The molecule has 8 aromatic rings. The van der Waals surface area contributed by atoms with E-state index in [1.807, 2.05) is 53.8 Å². The van der Waals surface area contributed by atoms with E-state index in [0.717, 1.165) is 50.3 Å². The van der Waals surface area contributed by atoms with Gasteiger partial charge in [0.2, 0.25) is 0 Å². The van der Waals surface area contributed by atoms with Crippen LogP contribution >= 0.6 is 11.3 Å². The normalized spacial score (nSPS) is 11.3. The van der Waals surface area contributed by atoms with Gasteiger partial charge in [0.1, 0.15) is 5.82 Å². The van der Waals surface area contributed by atoms with Crippen molar-refractivity contribution in [2.24, 2.45) is 0 Å². The van der Waals surface area contributed by atoms with Crippen LogP contribution in [0.3, 0.4) is 0 Å². The van der Waals surface area contributed by atoms with E-state index in [0.29, 0.717) is 5.82 Å². The van der Waals surface area contributed by atoms with Gasteiger partial charge in [0.15, 0.2) is 5.82 Å². The van der Waals surface area contributed by atoms with Crippen molar-refractivity contribution in [1.29, 1.82) is 0 Å². The minimum atomic E-state index is -0.276. The van der Waals surface area contributed by atoms with Crippen LogP contribution in [-0.4, -0.2) is 9.97 Å². The Morgan fingerprint density at radius 2 is 0.955 bits per heavy atom. The van der Waals surface area contributed by atoms with Crippen molar-refractivity contribution in [1.82, 2.24) is 9.97 Å². The molecule has 2 heterocycles. The number of halogens is 1. The van der Waals surface area contributed by atoms with Gasteiger partial charge in [-0.1, -0.05) is 84.9 Å². The summed E-state index contributed by atoms with van der Waals surface area (Å²) in [5, 5.41) is 2.54. The minimum absolute atomic E-state index is 0.276. The summed E-state index contributed by atoms with van der Waals surface area (Å²) in [5.41, 5.74) is 8.79. The minimum Gasteiger partial charge on any atom is -0.228 e. The lowest BCUT2D eigenvalue weighted by molar-refractivity contribution is 0.628. The van der Waals surface area contributed by atoms with Crippen LogP contribution in [-0.2, 0) is 0 Å². The Labute approximate surface area is 258 Å². The summed E-state index contributed by atoms with van der Waals surface area (Å²) in [7, 11) is 0. The largest absolute Gasteiger partial charge is 0.228 e. The number of fused-ring (bicyclic) bond motifs is 3. The van der Waals surface area contributed by atoms with Crippen molar-refractivity contribution in [2.45, 2.75) is 0 Å². The van der Waals surface area contributed by atoms with Crippen LogP contribution in [0.15, 0.2) is 152 Å². The molecule has 4 heteroatoms. The number of nitrogens with zero attached hydrogens (tertiary/aromatic N) is 2. The van der Waals surface area contributed by atoms with Gasteiger partial charge in [-0.15, -0.1) is 11.3 Å². The number of hydrogen-bond acceptors (Lipinski definition) is 3. The second kappa shape index (κ2) is 11.0. The van der Waals surface area contributed by atoms with Crippen LogP contribution in [0.5, 0.6) is 0 Å². The monoisotopic (exact) mass is 584 g/mol. The van der Waals surface area contributed by atoms with Gasteiger partial charge in [0.05, 0.1) is 11.4 Å². The summed E-state index contributed by atoms with van der Waals surface area (Å²) in [6.45, 7) is 0. The molecule has 0 fully saturated rings. The lowest BCUT2D eigenvalue weighted by atomic mass is 9.94. The van der Waals surface area contributed by atoms with Gasteiger partial charge in [0, 0.05) is 36.9 Å². The van der Waals surface area contributed by atoms with Gasteiger partial charge in [-0.2, -0.15) is 0 Å². The van der Waals surface area contributed by atoms with Crippen LogP contribution in [0.1, 0.15) is 0 Å². The molecule has 0 radical (unpaired) electrons. The number of aromatic nitrogens is 2. The Balaban J connectivity index is 1.35. The smallest absolute Gasteiger partial charge is 0.160 e. The lowest BCUT2D eigenvalue weighted by Crippen LogP contribution is -1.96. The highest BCUT2D eigenvalue weighted by Crippen LogP contribution is 2.39. The maximum atomic E-state index is 13.8. The van der Waals surface area contributed by atoms with Crippen molar-refractivity contribution in [3.63, 3.8) is 0 Å². The van der Waals surface area contributed by atoms with E-state index in [4.69, 9.17) is 9.97 Å². The van der Waals surface area contributed by atoms with Gasteiger partial charge in [-0.05, 0) is 89.0 Å². The Hall–Kier alpha value is -5.45. The second-order valence-corrected chi connectivity index (χ2v) is 11.9. The van der Waals surface area contributed by atoms with E-state index >= 15 is 0 Å². The summed E-state index contributed by atoms with van der Waals surface area (Å²) in [5.74, 6) is 0.349. The summed E-state index contributed by atoms with van der Waals surface area (Å²) >= 11 is 1.83. The Morgan fingerprint density at radius 1 is 0.386 bits per heavy atom. The zero-order valence-corrected chi connectivity index (χ0v) is 24.4. The molecule has 8 rings (SSSR count). The number of rotatable bonds is 5. The molecule has 0 spiro atoms. The van der Waals surface area contributed by atoms with Gasteiger partial charge in [-0.3, -0.25) is 0 Å². The molecule has 0 saturated carbocycles. The van der Waals surface area contributed by atoms with Gasteiger partial charge in [0.25, 0.3) is 0 Å². The second-order valence-electron chi connectivity index (χ2n) is 10.8. The molecule has 0 aliphatic heterocycles. The molecule has 44 heavy (non-hydrogen) atoms. The average Bonchev–Trinajstić information content (AvgIpc) is 3.47. The lowest BCUT2D eigenvalue weighted by Gasteiger charge is -2.13. The predicted octanol–water partition coefficient (Wildman–Crippen LogP) is 11.3. The highest BCUT2D eigenvalue weighted by atomic mass is 32.1. The first kappa shape index (κ1) is 26.2. The highest BCUT2D eigenvalue weighted by Gasteiger charge is 2.14. The van der Waals surface area contributed by atoms with Crippen molar-refractivity contribution >= 4 is 31.5 Å². The fourth-order valence-corrected chi connectivity index (χ4v) is 6.81. The molecule has 0 bridgehead atoms. The average molecular weight is 585 g/mol. The standard InChI is InChI=1S/C40H25FN2S/c41-33-18-15-27(16-19-33)36-25-37(43-40(42-36)28-11-5-2-6-12-28)32-22-30(26-9-3-1-4-10-26)21-31(23-32)29-17-20-39-35(24-29)34-13-7-8-14-38(34)44-39/h1-25H.